The fourth-order valence-electron chi connectivity index (χ4n) is 4.13. The second-order valence-electron chi connectivity index (χ2n) is 9.02. The zero-order chi connectivity index (χ0) is 24.1. The number of para-hydroxylation sites is 1. The molecule has 184 valence electrons. The summed E-state index contributed by atoms with van der Waals surface area (Å²) < 4.78 is 18.3. The third-order valence-electron chi connectivity index (χ3n) is 6.29. The number of hydrogen-bond donors (Lipinski definition) is 1. The van der Waals surface area contributed by atoms with Crippen LogP contribution in [0.2, 0.25) is 5.02 Å². The quantitative estimate of drug-likeness (QED) is 0.217. The summed E-state index contributed by atoms with van der Waals surface area (Å²) in [5.74, 6) is 1.80. The smallest absolute Gasteiger partial charge is 0.127 e. The molecule has 2 aliphatic carbocycles. The Balaban J connectivity index is 1.31. The van der Waals surface area contributed by atoms with Crippen molar-refractivity contribution in [3.05, 3.63) is 77.1 Å². The molecule has 35 heavy (non-hydrogen) atoms. The van der Waals surface area contributed by atoms with Gasteiger partial charge in [0.2, 0.25) is 0 Å². The maximum Gasteiger partial charge on any atom is 0.127 e. The van der Waals surface area contributed by atoms with Crippen LogP contribution in [0, 0.1) is 0 Å². The van der Waals surface area contributed by atoms with Gasteiger partial charge in [-0.25, -0.2) is 0 Å². The van der Waals surface area contributed by atoms with Gasteiger partial charge >= 0.3 is 0 Å². The van der Waals surface area contributed by atoms with Crippen molar-refractivity contribution in [3.63, 3.8) is 0 Å². The van der Waals surface area contributed by atoms with E-state index in [1.165, 1.54) is 0 Å². The molecule has 0 spiro atoms. The van der Waals surface area contributed by atoms with Crippen LogP contribution in [-0.4, -0.2) is 36.6 Å². The number of ether oxygens (including phenoxy) is 3. The predicted octanol–water partition coefficient (Wildman–Crippen LogP) is 6.22. The van der Waals surface area contributed by atoms with Crippen molar-refractivity contribution in [3.8, 4) is 16.9 Å². The minimum atomic E-state index is -0.348. The van der Waals surface area contributed by atoms with Crippen molar-refractivity contribution in [1.29, 1.82) is 0 Å². The van der Waals surface area contributed by atoms with E-state index in [2.05, 4.69) is 35.3 Å². The Morgan fingerprint density at radius 3 is 2.71 bits per heavy atom. The molecule has 1 heterocycles. The summed E-state index contributed by atoms with van der Waals surface area (Å²) in [7, 11) is 0. The van der Waals surface area contributed by atoms with E-state index in [0.29, 0.717) is 32.5 Å². The van der Waals surface area contributed by atoms with E-state index < -0.39 is 0 Å². The van der Waals surface area contributed by atoms with Gasteiger partial charge < -0.3 is 19.9 Å². The Kier molecular flexibility index (Phi) is 7.95. The Morgan fingerprint density at radius 1 is 1.06 bits per heavy atom. The summed E-state index contributed by atoms with van der Waals surface area (Å²) >= 11 is 8.29. The lowest BCUT2D eigenvalue weighted by atomic mass is 9.96. The van der Waals surface area contributed by atoms with Gasteiger partial charge in [0.1, 0.15) is 5.75 Å². The third kappa shape index (κ3) is 6.19. The normalized spacial score (nSPS) is 16.3. The first-order valence-corrected chi connectivity index (χ1v) is 13.6. The van der Waals surface area contributed by atoms with Gasteiger partial charge in [0.25, 0.3) is 0 Å². The van der Waals surface area contributed by atoms with E-state index >= 15 is 0 Å². The lowest BCUT2D eigenvalue weighted by molar-refractivity contribution is 0.0173. The molecular formula is C28H31ClN2O3S. The molecule has 3 aromatic rings. The van der Waals surface area contributed by atoms with Crippen molar-refractivity contribution in [2.24, 2.45) is 5.73 Å². The zero-order valence-electron chi connectivity index (χ0n) is 19.8. The van der Waals surface area contributed by atoms with Crippen molar-refractivity contribution in [2.75, 3.05) is 25.5 Å². The molecule has 0 aliphatic heterocycles. The van der Waals surface area contributed by atoms with Crippen LogP contribution in [-0.2, 0) is 21.7 Å². The first-order chi connectivity index (χ1) is 17.2. The highest BCUT2D eigenvalue weighted by Gasteiger charge is 2.47. The number of halogens is 1. The molecule has 2 saturated carbocycles. The molecule has 2 aliphatic rings. The van der Waals surface area contributed by atoms with Crippen LogP contribution in [0.3, 0.4) is 0 Å². The number of rotatable bonds is 13. The number of nitrogens with two attached hydrogens (primary N) is 1. The van der Waals surface area contributed by atoms with E-state index in [-0.39, 0.29) is 5.60 Å². The van der Waals surface area contributed by atoms with Gasteiger partial charge in [0, 0.05) is 45.7 Å². The van der Waals surface area contributed by atoms with Crippen LogP contribution in [0.15, 0.2) is 65.8 Å². The molecule has 5 rings (SSSR count). The fourth-order valence-corrected chi connectivity index (χ4v) is 5.12. The molecule has 0 amide bonds. The van der Waals surface area contributed by atoms with Gasteiger partial charge in [-0.15, -0.1) is 11.8 Å². The van der Waals surface area contributed by atoms with Crippen LogP contribution in [0.25, 0.3) is 11.1 Å². The van der Waals surface area contributed by atoms with E-state index in [9.17, 15) is 0 Å². The number of hydrogen-bond acceptors (Lipinski definition) is 6. The second kappa shape index (κ2) is 11.3. The van der Waals surface area contributed by atoms with Crippen molar-refractivity contribution < 1.29 is 14.2 Å². The number of pyridine rings is 1. The van der Waals surface area contributed by atoms with Crippen LogP contribution >= 0.6 is 23.4 Å². The first-order valence-electron chi connectivity index (χ1n) is 12.2. The number of thioether (sulfide) groups is 1. The van der Waals surface area contributed by atoms with E-state index in [1.54, 1.807) is 11.8 Å². The molecule has 0 bridgehead atoms. The fraction of sp³-hybridized carbons (Fsp3) is 0.393. The van der Waals surface area contributed by atoms with E-state index in [1.807, 2.05) is 30.6 Å². The highest BCUT2D eigenvalue weighted by Crippen LogP contribution is 2.53. The minimum Gasteiger partial charge on any atom is -0.490 e. The topological polar surface area (TPSA) is 66.6 Å². The van der Waals surface area contributed by atoms with Gasteiger partial charge in [-0.05, 0) is 67.1 Å². The maximum absolute atomic E-state index is 6.59. The van der Waals surface area contributed by atoms with Gasteiger partial charge in [0.15, 0.2) is 0 Å². The third-order valence-corrected chi connectivity index (χ3v) is 7.62. The molecule has 0 unspecified atom stereocenters. The summed E-state index contributed by atoms with van der Waals surface area (Å²) in [6.07, 6.45) is 8.31. The van der Waals surface area contributed by atoms with Gasteiger partial charge in [-0.1, -0.05) is 29.8 Å². The molecule has 2 aromatic carbocycles. The Hall–Kier alpha value is -2.09. The van der Waals surface area contributed by atoms with Crippen LogP contribution in [0.4, 0.5) is 0 Å². The minimum absolute atomic E-state index is 0.340. The summed E-state index contributed by atoms with van der Waals surface area (Å²) in [5.41, 5.74) is 9.46. The average molecular weight is 511 g/mol. The van der Waals surface area contributed by atoms with Gasteiger partial charge in [0.05, 0.1) is 31.5 Å². The standard InChI is InChI=1S/C28H31ClN2O3S/c29-26-8-7-22(35-16-15-32-14-12-30)17-20(26)19-33-28(10-11-28)25-18-31-13-9-23(25)24-3-1-2-4-27(24)34-21-5-6-21/h1-4,7-9,13,17-18,21H,5-6,10-12,14-16,19,30H2. The summed E-state index contributed by atoms with van der Waals surface area (Å²) in [5, 5.41) is 0.721. The number of benzene rings is 2. The number of nitrogens with zero attached hydrogens (tertiary/aromatic N) is 1. The van der Waals surface area contributed by atoms with Crippen LogP contribution < -0.4 is 10.5 Å². The SMILES string of the molecule is NCCOCCSc1ccc(Cl)c(COC2(c3cnccc3-c3ccccc3OC3CC3)CC2)c1. The second-order valence-corrected chi connectivity index (χ2v) is 10.6. The lowest BCUT2D eigenvalue weighted by Crippen LogP contribution is -2.14. The van der Waals surface area contributed by atoms with Crippen molar-refractivity contribution in [2.45, 2.75) is 48.9 Å². The van der Waals surface area contributed by atoms with Crippen LogP contribution in [0.1, 0.15) is 36.8 Å². The molecule has 7 heteroatoms. The summed E-state index contributed by atoms with van der Waals surface area (Å²) in [6, 6.07) is 16.5. The molecule has 0 atom stereocenters. The molecule has 1 aromatic heterocycles. The summed E-state index contributed by atoms with van der Waals surface area (Å²) in [4.78, 5) is 5.61. The van der Waals surface area contributed by atoms with Crippen molar-refractivity contribution in [1.82, 2.24) is 4.98 Å². The Morgan fingerprint density at radius 2 is 1.91 bits per heavy atom. The molecule has 5 nitrogen and oxygen atoms in total. The predicted molar refractivity (Wildman–Crippen MR) is 141 cm³/mol. The maximum atomic E-state index is 6.59. The first kappa shape index (κ1) is 24.6. The lowest BCUT2D eigenvalue weighted by Gasteiger charge is -2.22. The highest BCUT2D eigenvalue weighted by atomic mass is 35.5. The monoisotopic (exact) mass is 510 g/mol. The molecule has 0 saturated heterocycles. The summed E-state index contributed by atoms with van der Waals surface area (Å²) in [6.45, 7) is 2.27. The molecule has 2 fully saturated rings. The Labute approximate surface area is 216 Å². The molecular weight excluding hydrogens is 480 g/mol. The zero-order valence-corrected chi connectivity index (χ0v) is 21.3. The Bertz CT molecular complexity index is 1150. The van der Waals surface area contributed by atoms with Crippen molar-refractivity contribution >= 4 is 23.4 Å². The molecule has 0 radical (unpaired) electrons. The van der Waals surface area contributed by atoms with Gasteiger partial charge in [-0.2, -0.15) is 0 Å². The average Bonchev–Trinajstić information content (AvgIpc) is 3.82. The van der Waals surface area contributed by atoms with E-state index in [0.717, 1.165) is 69.4 Å². The van der Waals surface area contributed by atoms with Gasteiger partial charge in [-0.3, -0.25) is 4.98 Å². The van der Waals surface area contributed by atoms with E-state index in [4.69, 9.17) is 31.5 Å². The largest absolute Gasteiger partial charge is 0.490 e. The highest BCUT2D eigenvalue weighted by molar-refractivity contribution is 7.99. The van der Waals surface area contributed by atoms with Crippen LogP contribution in [0.5, 0.6) is 5.75 Å². The molecule has 2 N–H and O–H groups in total. The number of aromatic nitrogens is 1.